The third kappa shape index (κ3) is 3.60. The topological polar surface area (TPSA) is 78.9 Å². The van der Waals surface area contributed by atoms with Crippen LogP contribution in [0.1, 0.15) is 26.7 Å². The summed E-state index contributed by atoms with van der Waals surface area (Å²) < 4.78 is 4.94. The summed E-state index contributed by atoms with van der Waals surface area (Å²) in [6.45, 7) is 4.81. The van der Waals surface area contributed by atoms with Gasteiger partial charge in [0.15, 0.2) is 0 Å². The standard InChI is InChI=1S/C12H22N2O4/c1-8-4-6-14(10(8)11(15)16)12(17)13-9(2)5-7-18-3/h8-10H,4-7H2,1-3H3,(H,13,17)(H,15,16). The number of ether oxygens (including phenoxy) is 1. The van der Waals surface area contributed by atoms with Crippen LogP contribution in [0.4, 0.5) is 4.79 Å². The number of nitrogens with zero attached hydrogens (tertiary/aromatic N) is 1. The molecule has 1 aliphatic heterocycles. The number of carbonyl (C=O) groups is 2. The van der Waals surface area contributed by atoms with E-state index in [0.717, 1.165) is 6.42 Å². The van der Waals surface area contributed by atoms with Gasteiger partial charge in [-0.15, -0.1) is 0 Å². The SMILES string of the molecule is COCCC(C)NC(=O)N1CCC(C)C1C(=O)O. The van der Waals surface area contributed by atoms with Gasteiger partial charge in [0.25, 0.3) is 0 Å². The molecule has 0 aliphatic carbocycles. The van der Waals surface area contributed by atoms with Crippen molar-refractivity contribution in [1.29, 1.82) is 0 Å². The Hall–Kier alpha value is -1.30. The number of amides is 2. The lowest BCUT2D eigenvalue weighted by molar-refractivity contribution is -0.142. The van der Waals surface area contributed by atoms with Gasteiger partial charge < -0.3 is 20.1 Å². The second-order valence-electron chi connectivity index (χ2n) is 4.87. The molecule has 2 N–H and O–H groups in total. The largest absolute Gasteiger partial charge is 0.480 e. The number of likely N-dealkylation sites (tertiary alicyclic amines) is 1. The summed E-state index contributed by atoms with van der Waals surface area (Å²) in [7, 11) is 1.61. The minimum Gasteiger partial charge on any atom is -0.480 e. The average Bonchev–Trinajstić information content (AvgIpc) is 2.68. The van der Waals surface area contributed by atoms with Gasteiger partial charge in [-0.2, -0.15) is 0 Å². The molecule has 0 aromatic heterocycles. The van der Waals surface area contributed by atoms with Crippen LogP contribution in [-0.4, -0.2) is 54.4 Å². The van der Waals surface area contributed by atoms with Crippen LogP contribution in [0.3, 0.4) is 0 Å². The van der Waals surface area contributed by atoms with E-state index in [9.17, 15) is 9.59 Å². The van der Waals surface area contributed by atoms with E-state index in [-0.39, 0.29) is 18.0 Å². The Morgan fingerprint density at radius 2 is 2.22 bits per heavy atom. The lowest BCUT2D eigenvalue weighted by atomic mass is 10.0. The van der Waals surface area contributed by atoms with Crippen LogP contribution in [0.2, 0.25) is 0 Å². The van der Waals surface area contributed by atoms with Crippen LogP contribution in [0.25, 0.3) is 0 Å². The maximum Gasteiger partial charge on any atom is 0.326 e. The number of nitrogens with one attached hydrogen (secondary N) is 1. The van der Waals surface area contributed by atoms with Crippen molar-refractivity contribution in [2.24, 2.45) is 5.92 Å². The minimum atomic E-state index is -0.931. The summed E-state index contributed by atoms with van der Waals surface area (Å²) in [6.07, 6.45) is 1.44. The van der Waals surface area contributed by atoms with Crippen LogP contribution in [0.5, 0.6) is 0 Å². The van der Waals surface area contributed by atoms with Gasteiger partial charge in [-0.05, 0) is 25.7 Å². The third-order valence-electron chi connectivity index (χ3n) is 3.34. The Bertz CT molecular complexity index is 308. The van der Waals surface area contributed by atoms with Crippen molar-refractivity contribution in [3.63, 3.8) is 0 Å². The smallest absolute Gasteiger partial charge is 0.326 e. The van der Waals surface area contributed by atoms with E-state index in [4.69, 9.17) is 9.84 Å². The number of carboxylic acid groups (broad SMARTS) is 1. The number of carboxylic acids is 1. The van der Waals surface area contributed by atoms with Gasteiger partial charge in [0.2, 0.25) is 0 Å². The molecule has 0 aromatic carbocycles. The van der Waals surface area contributed by atoms with Crippen molar-refractivity contribution in [1.82, 2.24) is 10.2 Å². The van der Waals surface area contributed by atoms with E-state index >= 15 is 0 Å². The molecular weight excluding hydrogens is 236 g/mol. The fourth-order valence-electron chi connectivity index (χ4n) is 2.21. The van der Waals surface area contributed by atoms with Gasteiger partial charge in [0, 0.05) is 26.3 Å². The summed E-state index contributed by atoms with van der Waals surface area (Å²) in [5.41, 5.74) is 0. The molecule has 0 aromatic rings. The predicted octanol–water partition coefficient (Wildman–Crippen LogP) is 0.916. The van der Waals surface area contributed by atoms with Crippen molar-refractivity contribution in [2.75, 3.05) is 20.3 Å². The highest BCUT2D eigenvalue weighted by molar-refractivity contribution is 5.83. The highest BCUT2D eigenvalue weighted by atomic mass is 16.5. The van der Waals surface area contributed by atoms with E-state index in [0.29, 0.717) is 19.6 Å². The summed E-state index contributed by atoms with van der Waals surface area (Å²) >= 11 is 0. The maximum atomic E-state index is 12.0. The van der Waals surface area contributed by atoms with Gasteiger partial charge in [0.05, 0.1) is 0 Å². The maximum absolute atomic E-state index is 12.0. The molecule has 3 unspecified atom stereocenters. The number of hydrogen-bond acceptors (Lipinski definition) is 3. The zero-order valence-corrected chi connectivity index (χ0v) is 11.2. The van der Waals surface area contributed by atoms with Gasteiger partial charge in [-0.1, -0.05) is 6.92 Å². The van der Waals surface area contributed by atoms with Crippen molar-refractivity contribution in [3.05, 3.63) is 0 Å². The van der Waals surface area contributed by atoms with Crippen LogP contribution < -0.4 is 5.32 Å². The third-order valence-corrected chi connectivity index (χ3v) is 3.34. The van der Waals surface area contributed by atoms with Gasteiger partial charge in [-0.3, -0.25) is 0 Å². The van der Waals surface area contributed by atoms with E-state index in [1.165, 1.54) is 4.90 Å². The van der Waals surface area contributed by atoms with E-state index in [1.807, 2.05) is 13.8 Å². The molecule has 18 heavy (non-hydrogen) atoms. The van der Waals surface area contributed by atoms with E-state index in [2.05, 4.69) is 5.32 Å². The zero-order chi connectivity index (χ0) is 13.7. The summed E-state index contributed by atoms with van der Waals surface area (Å²) in [4.78, 5) is 24.5. The molecule has 0 saturated carbocycles. The molecule has 1 fully saturated rings. The quantitative estimate of drug-likeness (QED) is 0.768. The minimum absolute atomic E-state index is 0.00234. The highest BCUT2D eigenvalue weighted by Crippen LogP contribution is 2.24. The molecular formula is C12H22N2O4. The first kappa shape index (κ1) is 14.8. The Kier molecular flexibility index (Phi) is 5.40. The lowest BCUT2D eigenvalue weighted by Gasteiger charge is -2.25. The molecule has 1 heterocycles. The van der Waals surface area contributed by atoms with Gasteiger partial charge in [0.1, 0.15) is 6.04 Å². The molecule has 1 aliphatic rings. The fourth-order valence-corrected chi connectivity index (χ4v) is 2.21. The zero-order valence-electron chi connectivity index (χ0n) is 11.2. The summed E-state index contributed by atoms with van der Waals surface area (Å²) in [5.74, 6) is -0.928. The Balaban J connectivity index is 2.53. The molecule has 6 nitrogen and oxygen atoms in total. The van der Waals surface area contributed by atoms with Gasteiger partial charge >= 0.3 is 12.0 Å². The molecule has 104 valence electrons. The first-order chi connectivity index (χ1) is 8.47. The summed E-state index contributed by atoms with van der Waals surface area (Å²) in [6, 6.07) is -1.03. The second-order valence-corrected chi connectivity index (χ2v) is 4.87. The molecule has 0 bridgehead atoms. The average molecular weight is 258 g/mol. The van der Waals surface area contributed by atoms with Gasteiger partial charge in [-0.25, -0.2) is 9.59 Å². The van der Waals surface area contributed by atoms with E-state index < -0.39 is 12.0 Å². The molecule has 1 rings (SSSR count). The number of carbonyl (C=O) groups excluding carboxylic acids is 1. The summed E-state index contributed by atoms with van der Waals surface area (Å²) in [5, 5.41) is 11.9. The Morgan fingerprint density at radius 1 is 1.56 bits per heavy atom. The Morgan fingerprint density at radius 3 is 2.78 bits per heavy atom. The molecule has 3 atom stereocenters. The molecule has 0 radical (unpaired) electrons. The van der Waals surface area contributed by atoms with Crippen molar-refractivity contribution in [2.45, 2.75) is 38.8 Å². The number of methoxy groups -OCH3 is 1. The highest BCUT2D eigenvalue weighted by Gasteiger charge is 2.39. The monoisotopic (exact) mass is 258 g/mol. The normalized spacial score (nSPS) is 24.9. The fraction of sp³-hybridized carbons (Fsp3) is 0.833. The number of aliphatic carboxylic acids is 1. The van der Waals surface area contributed by atoms with Crippen molar-refractivity contribution in [3.8, 4) is 0 Å². The molecule has 0 spiro atoms. The van der Waals surface area contributed by atoms with E-state index in [1.54, 1.807) is 7.11 Å². The van der Waals surface area contributed by atoms with Crippen LogP contribution >= 0.6 is 0 Å². The number of rotatable bonds is 5. The number of urea groups is 1. The predicted molar refractivity (Wildman–Crippen MR) is 66.4 cm³/mol. The number of hydrogen-bond donors (Lipinski definition) is 2. The van der Waals surface area contributed by atoms with Crippen LogP contribution in [0, 0.1) is 5.92 Å². The first-order valence-electron chi connectivity index (χ1n) is 6.26. The van der Waals surface area contributed by atoms with Crippen molar-refractivity contribution < 1.29 is 19.4 Å². The second kappa shape index (κ2) is 6.58. The Labute approximate surface area is 107 Å². The molecule has 6 heteroatoms. The van der Waals surface area contributed by atoms with Crippen molar-refractivity contribution >= 4 is 12.0 Å². The molecule has 2 amide bonds. The first-order valence-corrected chi connectivity index (χ1v) is 6.26. The molecule has 1 saturated heterocycles. The van der Waals surface area contributed by atoms with Crippen LogP contribution in [-0.2, 0) is 9.53 Å². The van der Waals surface area contributed by atoms with Crippen LogP contribution in [0.15, 0.2) is 0 Å². The lowest BCUT2D eigenvalue weighted by Crippen LogP contribution is -2.49.